The van der Waals surface area contributed by atoms with Crippen molar-refractivity contribution < 1.29 is 24.5 Å². The number of carbonyl (C=O) groups excluding carboxylic acids is 2. The number of phenolic OH excluding ortho intramolecular Hbond substituents is 2. The Kier molecular flexibility index (Phi) is 5.50. The van der Waals surface area contributed by atoms with Crippen LogP contribution in [0.25, 0.3) is 0 Å². The van der Waals surface area contributed by atoms with E-state index in [1.807, 2.05) is 30.3 Å². The standard InChI is InChI=1S/C29H34O5/c1-28(2)14-18-10-7-11-22-23(17-8-5-4-6-9-17)24-26(33)19(15-30)25(32)20(16-31)27(24)34-29(22,3)13-12-21(18)28/h4-6,8-9,15-16,18,21-23,32-33H,7,10-14H2,1-3H3/t18-,21+,22-,23-,29+/m0/s1. The number of hydrogen-bond acceptors (Lipinski definition) is 5. The lowest BCUT2D eigenvalue weighted by atomic mass is 9.53. The number of hydrogen-bond donors (Lipinski definition) is 2. The lowest BCUT2D eigenvalue weighted by Crippen LogP contribution is -2.49. The van der Waals surface area contributed by atoms with Gasteiger partial charge >= 0.3 is 0 Å². The molecule has 2 aliphatic carbocycles. The van der Waals surface area contributed by atoms with Crippen molar-refractivity contribution in [3.05, 3.63) is 52.6 Å². The molecule has 2 N–H and O–H groups in total. The van der Waals surface area contributed by atoms with E-state index in [-0.39, 0.29) is 34.5 Å². The first-order valence-corrected chi connectivity index (χ1v) is 12.5. The number of aromatic hydroxyl groups is 2. The van der Waals surface area contributed by atoms with Crippen LogP contribution in [0.4, 0.5) is 0 Å². The minimum atomic E-state index is -0.576. The summed E-state index contributed by atoms with van der Waals surface area (Å²) in [4.78, 5) is 23.9. The van der Waals surface area contributed by atoms with Crippen molar-refractivity contribution in [2.24, 2.45) is 23.2 Å². The summed E-state index contributed by atoms with van der Waals surface area (Å²) >= 11 is 0. The molecule has 0 saturated heterocycles. The van der Waals surface area contributed by atoms with Gasteiger partial charge in [0.2, 0.25) is 0 Å². The summed E-state index contributed by atoms with van der Waals surface area (Å²) in [5.74, 6) is 0.596. The van der Waals surface area contributed by atoms with Gasteiger partial charge in [-0.3, -0.25) is 9.59 Å². The van der Waals surface area contributed by atoms with E-state index in [2.05, 4.69) is 20.8 Å². The van der Waals surface area contributed by atoms with Crippen molar-refractivity contribution in [1.29, 1.82) is 0 Å². The maximum absolute atomic E-state index is 12.1. The molecule has 5 atom stereocenters. The molecule has 0 unspecified atom stereocenters. The van der Waals surface area contributed by atoms with Crippen molar-refractivity contribution >= 4 is 12.6 Å². The van der Waals surface area contributed by atoms with Gasteiger partial charge in [-0.25, -0.2) is 0 Å². The number of aldehydes is 2. The molecule has 2 saturated carbocycles. The highest BCUT2D eigenvalue weighted by Gasteiger charge is 2.53. The third kappa shape index (κ3) is 3.35. The zero-order valence-corrected chi connectivity index (χ0v) is 20.2. The predicted molar refractivity (Wildman–Crippen MR) is 130 cm³/mol. The Morgan fingerprint density at radius 1 is 0.912 bits per heavy atom. The minimum absolute atomic E-state index is 0.0532. The van der Waals surface area contributed by atoms with Gasteiger partial charge in [-0.1, -0.05) is 57.0 Å². The van der Waals surface area contributed by atoms with Crippen molar-refractivity contribution in [3.8, 4) is 17.2 Å². The van der Waals surface area contributed by atoms with Gasteiger partial charge in [0, 0.05) is 17.4 Å². The van der Waals surface area contributed by atoms with Crippen LogP contribution in [0.1, 0.15) is 97.1 Å². The van der Waals surface area contributed by atoms with E-state index in [1.165, 1.54) is 12.8 Å². The van der Waals surface area contributed by atoms with Gasteiger partial charge in [-0.15, -0.1) is 0 Å². The lowest BCUT2D eigenvalue weighted by Gasteiger charge is -2.53. The van der Waals surface area contributed by atoms with Gasteiger partial charge in [0.1, 0.15) is 22.8 Å². The van der Waals surface area contributed by atoms with Crippen LogP contribution in [0.5, 0.6) is 17.2 Å². The van der Waals surface area contributed by atoms with Gasteiger partial charge in [-0.05, 0) is 55.4 Å². The third-order valence-corrected chi connectivity index (χ3v) is 9.14. The molecule has 0 spiro atoms. The van der Waals surface area contributed by atoms with Gasteiger partial charge < -0.3 is 14.9 Å². The normalized spacial score (nSPS) is 31.7. The second kappa shape index (κ2) is 8.14. The number of fused-ring (bicyclic) bond motifs is 3. The fraction of sp³-hybridized carbons (Fsp3) is 0.517. The molecule has 2 aromatic rings. The van der Waals surface area contributed by atoms with Crippen LogP contribution in [0.15, 0.2) is 30.3 Å². The van der Waals surface area contributed by atoms with Crippen molar-refractivity contribution in [1.82, 2.24) is 0 Å². The monoisotopic (exact) mass is 462 g/mol. The quantitative estimate of drug-likeness (QED) is 0.527. The van der Waals surface area contributed by atoms with E-state index in [1.54, 1.807) is 0 Å². The van der Waals surface area contributed by atoms with Gasteiger partial charge in [0.25, 0.3) is 0 Å². The highest BCUT2D eigenvalue weighted by Crippen LogP contribution is 2.61. The van der Waals surface area contributed by atoms with E-state index < -0.39 is 11.4 Å². The first-order chi connectivity index (χ1) is 16.2. The first-order valence-electron chi connectivity index (χ1n) is 12.5. The topological polar surface area (TPSA) is 83.8 Å². The molecular formula is C29H34O5. The fourth-order valence-corrected chi connectivity index (χ4v) is 7.43. The van der Waals surface area contributed by atoms with Crippen molar-refractivity contribution in [2.75, 3.05) is 0 Å². The average Bonchev–Trinajstić information content (AvgIpc) is 2.85. The molecule has 0 radical (unpaired) electrons. The summed E-state index contributed by atoms with van der Waals surface area (Å²) in [5.41, 5.74) is 0.899. The van der Waals surface area contributed by atoms with E-state index in [0.29, 0.717) is 29.5 Å². The molecule has 1 heterocycles. The lowest BCUT2D eigenvalue weighted by molar-refractivity contribution is -0.0472. The molecule has 5 heteroatoms. The molecule has 5 rings (SSSR count). The summed E-state index contributed by atoms with van der Waals surface area (Å²) in [7, 11) is 0. The van der Waals surface area contributed by atoms with E-state index >= 15 is 0 Å². The van der Waals surface area contributed by atoms with Crippen LogP contribution >= 0.6 is 0 Å². The Morgan fingerprint density at radius 2 is 1.62 bits per heavy atom. The van der Waals surface area contributed by atoms with Crippen LogP contribution in [0.3, 0.4) is 0 Å². The number of ether oxygens (including phenoxy) is 1. The maximum atomic E-state index is 12.1. The second-order valence-electron chi connectivity index (χ2n) is 11.4. The van der Waals surface area contributed by atoms with E-state index in [4.69, 9.17) is 4.74 Å². The van der Waals surface area contributed by atoms with Crippen LogP contribution in [-0.4, -0.2) is 28.4 Å². The minimum Gasteiger partial charge on any atom is -0.507 e. The number of carbonyl (C=O) groups is 2. The molecule has 2 aromatic carbocycles. The molecule has 5 nitrogen and oxygen atoms in total. The number of phenols is 2. The Bertz CT molecular complexity index is 1120. The highest BCUT2D eigenvalue weighted by atomic mass is 16.5. The smallest absolute Gasteiger partial charge is 0.157 e. The van der Waals surface area contributed by atoms with Gasteiger partial charge in [0.15, 0.2) is 12.6 Å². The summed E-state index contributed by atoms with van der Waals surface area (Å²) in [5, 5.41) is 21.9. The molecule has 34 heavy (non-hydrogen) atoms. The number of rotatable bonds is 3. The maximum Gasteiger partial charge on any atom is 0.157 e. The molecular weight excluding hydrogens is 428 g/mol. The Morgan fingerprint density at radius 3 is 2.26 bits per heavy atom. The molecule has 2 fully saturated rings. The molecule has 180 valence electrons. The Hall–Kier alpha value is -2.82. The molecule has 0 amide bonds. The summed E-state index contributed by atoms with van der Waals surface area (Å²) in [6.45, 7) is 6.84. The van der Waals surface area contributed by atoms with E-state index in [9.17, 15) is 19.8 Å². The SMILES string of the molecule is CC1(C)C[C@@H]2CCC[C@H]3[C@H](c4ccccc4)c4c(O)c(C=O)c(O)c(C=O)c4O[C@]3(C)CC[C@H]21. The Balaban J connectivity index is 1.71. The van der Waals surface area contributed by atoms with Crippen LogP contribution in [-0.2, 0) is 0 Å². The largest absolute Gasteiger partial charge is 0.507 e. The molecule has 3 aliphatic rings. The van der Waals surface area contributed by atoms with E-state index in [0.717, 1.165) is 37.2 Å². The highest BCUT2D eigenvalue weighted by molar-refractivity contribution is 5.95. The summed E-state index contributed by atoms with van der Waals surface area (Å²) in [6, 6.07) is 9.97. The Labute approximate surface area is 201 Å². The number of benzene rings is 2. The van der Waals surface area contributed by atoms with Crippen LogP contribution in [0.2, 0.25) is 0 Å². The third-order valence-electron chi connectivity index (χ3n) is 9.14. The fourth-order valence-electron chi connectivity index (χ4n) is 7.43. The molecule has 1 aliphatic heterocycles. The average molecular weight is 463 g/mol. The van der Waals surface area contributed by atoms with Crippen molar-refractivity contribution in [3.63, 3.8) is 0 Å². The first kappa shape index (κ1) is 22.9. The second-order valence-corrected chi connectivity index (χ2v) is 11.4. The van der Waals surface area contributed by atoms with Crippen LogP contribution in [0, 0.1) is 23.2 Å². The zero-order valence-electron chi connectivity index (χ0n) is 20.2. The van der Waals surface area contributed by atoms with Crippen molar-refractivity contribution in [2.45, 2.75) is 70.8 Å². The summed E-state index contributed by atoms with van der Waals surface area (Å²) < 4.78 is 6.66. The van der Waals surface area contributed by atoms with Gasteiger partial charge in [0.05, 0.1) is 11.1 Å². The van der Waals surface area contributed by atoms with Gasteiger partial charge in [-0.2, -0.15) is 0 Å². The summed E-state index contributed by atoms with van der Waals surface area (Å²) in [6.07, 6.45) is 7.27. The molecule has 0 aromatic heterocycles. The molecule has 0 bridgehead atoms. The zero-order chi connectivity index (χ0) is 24.3. The van der Waals surface area contributed by atoms with Crippen LogP contribution < -0.4 is 4.74 Å². The predicted octanol–water partition coefficient (Wildman–Crippen LogP) is 6.25.